The summed E-state index contributed by atoms with van der Waals surface area (Å²) in [6.45, 7) is 9.41. The highest BCUT2D eigenvalue weighted by Gasteiger charge is 2.16. The molecule has 3 aromatic carbocycles. The topological polar surface area (TPSA) is 88.4 Å². The second-order valence-corrected chi connectivity index (χ2v) is 9.87. The van der Waals surface area contributed by atoms with Crippen molar-refractivity contribution in [2.24, 2.45) is 0 Å². The van der Waals surface area contributed by atoms with Gasteiger partial charge >= 0.3 is 0 Å². The second-order valence-electron chi connectivity index (χ2n) is 9.87. The molecule has 0 saturated carbocycles. The van der Waals surface area contributed by atoms with Crippen molar-refractivity contribution in [3.05, 3.63) is 86.5 Å². The lowest BCUT2D eigenvalue weighted by molar-refractivity contribution is 0.0930. The highest BCUT2D eigenvalue weighted by Crippen LogP contribution is 2.33. The minimum absolute atomic E-state index is 0.142. The van der Waals surface area contributed by atoms with Gasteiger partial charge < -0.3 is 29.5 Å². The first kappa shape index (κ1) is 26.0. The SMILES string of the molecule is CCc1cc2c(O)c(c1)COCc1cc(C(C)C)cc(c1O)COCc1cc(C)cc(c1O)COC2. The first-order valence-corrected chi connectivity index (χ1v) is 12.5. The zero-order chi connectivity index (χ0) is 25.8. The van der Waals surface area contributed by atoms with E-state index in [0.717, 1.165) is 23.1 Å². The van der Waals surface area contributed by atoms with Crippen LogP contribution in [0, 0.1) is 6.92 Å². The number of fused-ring (bicyclic) bond motifs is 6. The van der Waals surface area contributed by atoms with Crippen LogP contribution in [0.2, 0.25) is 0 Å². The van der Waals surface area contributed by atoms with Crippen molar-refractivity contribution in [3.63, 3.8) is 0 Å². The Bertz CT molecular complexity index is 1230. The maximum atomic E-state index is 11.0. The number of benzene rings is 3. The molecule has 36 heavy (non-hydrogen) atoms. The highest BCUT2D eigenvalue weighted by molar-refractivity contribution is 5.46. The lowest BCUT2D eigenvalue weighted by Gasteiger charge is -2.18. The van der Waals surface area contributed by atoms with Gasteiger partial charge in [0.1, 0.15) is 17.2 Å². The summed E-state index contributed by atoms with van der Waals surface area (Å²) in [5, 5.41) is 32.8. The van der Waals surface area contributed by atoms with Crippen molar-refractivity contribution in [2.75, 3.05) is 0 Å². The van der Waals surface area contributed by atoms with Crippen LogP contribution in [-0.2, 0) is 60.3 Å². The van der Waals surface area contributed by atoms with Gasteiger partial charge in [0.25, 0.3) is 0 Å². The maximum Gasteiger partial charge on any atom is 0.126 e. The fraction of sp³-hybridized carbons (Fsp3) is 0.400. The number of phenolic OH excluding ortho intramolecular Hbond substituents is 3. The van der Waals surface area contributed by atoms with Crippen LogP contribution in [0.1, 0.15) is 76.8 Å². The minimum atomic E-state index is 0.142. The molecule has 0 amide bonds. The van der Waals surface area contributed by atoms with Crippen LogP contribution in [0.25, 0.3) is 0 Å². The molecule has 3 N–H and O–H groups in total. The van der Waals surface area contributed by atoms with Crippen LogP contribution in [0.4, 0.5) is 0 Å². The number of phenols is 3. The summed E-state index contributed by atoms with van der Waals surface area (Å²) in [5.41, 5.74) is 7.17. The molecule has 0 radical (unpaired) electrons. The lowest BCUT2D eigenvalue weighted by atomic mass is 9.97. The first-order chi connectivity index (χ1) is 17.3. The number of rotatable bonds is 2. The molecular weight excluding hydrogens is 456 g/mol. The van der Waals surface area contributed by atoms with E-state index in [4.69, 9.17) is 14.2 Å². The molecule has 3 aromatic rings. The van der Waals surface area contributed by atoms with Crippen molar-refractivity contribution in [1.29, 1.82) is 0 Å². The van der Waals surface area contributed by atoms with Crippen molar-refractivity contribution >= 4 is 0 Å². The lowest BCUT2D eigenvalue weighted by Crippen LogP contribution is -2.04. The van der Waals surface area contributed by atoms with Crippen LogP contribution in [0.15, 0.2) is 36.4 Å². The number of aryl methyl sites for hydroxylation is 2. The van der Waals surface area contributed by atoms with Gasteiger partial charge in [-0.05, 0) is 54.7 Å². The van der Waals surface area contributed by atoms with Gasteiger partial charge in [0, 0.05) is 33.4 Å². The average Bonchev–Trinajstić information content (AvgIpc) is 2.84. The summed E-state index contributed by atoms with van der Waals surface area (Å²) in [4.78, 5) is 0. The predicted octanol–water partition coefficient (Wildman–Crippen LogP) is 6.26. The van der Waals surface area contributed by atoms with Crippen molar-refractivity contribution in [3.8, 4) is 17.2 Å². The molecule has 6 bridgehead atoms. The summed E-state index contributed by atoms with van der Waals surface area (Å²) in [6.07, 6.45) is 0.808. The van der Waals surface area contributed by atoms with E-state index in [2.05, 4.69) is 20.8 Å². The average molecular weight is 493 g/mol. The Hall–Kier alpha value is -3.06. The molecular formula is C30H36O6. The Morgan fingerprint density at radius 2 is 0.944 bits per heavy atom. The molecule has 6 nitrogen and oxygen atoms in total. The van der Waals surface area contributed by atoms with Gasteiger partial charge in [0.2, 0.25) is 0 Å². The fourth-order valence-corrected chi connectivity index (χ4v) is 4.56. The van der Waals surface area contributed by atoms with E-state index in [9.17, 15) is 15.3 Å². The van der Waals surface area contributed by atoms with Gasteiger partial charge in [0.15, 0.2) is 0 Å². The standard InChI is InChI=1S/C30H36O6/c1-5-20-8-24-14-34-12-22-6-19(4)7-23(28(22)31)13-35-16-26-10-21(18(2)3)11-27(30(26)33)17-36-15-25(9-20)29(24)32/h6-11,18,31-33H,5,12-17H2,1-4H3. The number of ether oxygens (including phenoxy) is 3. The first-order valence-electron chi connectivity index (χ1n) is 12.5. The fourth-order valence-electron chi connectivity index (χ4n) is 4.56. The van der Waals surface area contributed by atoms with Crippen LogP contribution in [-0.4, -0.2) is 15.3 Å². The second kappa shape index (κ2) is 11.3. The molecule has 6 heteroatoms. The molecule has 0 unspecified atom stereocenters. The van der Waals surface area contributed by atoms with Gasteiger partial charge in [-0.15, -0.1) is 0 Å². The zero-order valence-corrected chi connectivity index (χ0v) is 21.6. The third kappa shape index (κ3) is 5.84. The molecule has 0 fully saturated rings. The van der Waals surface area contributed by atoms with Crippen LogP contribution in [0.3, 0.4) is 0 Å². The summed E-state index contributed by atoms with van der Waals surface area (Å²) in [5.74, 6) is 0.701. The number of hydrogen-bond donors (Lipinski definition) is 3. The Morgan fingerprint density at radius 3 is 1.28 bits per heavy atom. The third-order valence-electron chi connectivity index (χ3n) is 6.65. The quantitative estimate of drug-likeness (QED) is 0.391. The third-order valence-corrected chi connectivity index (χ3v) is 6.65. The summed E-state index contributed by atoms with van der Waals surface area (Å²) in [7, 11) is 0. The van der Waals surface area contributed by atoms with E-state index in [-0.39, 0.29) is 62.8 Å². The van der Waals surface area contributed by atoms with Gasteiger partial charge in [-0.2, -0.15) is 0 Å². The van der Waals surface area contributed by atoms with Gasteiger partial charge in [-0.1, -0.05) is 38.5 Å². The van der Waals surface area contributed by atoms with Crippen molar-refractivity contribution in [1.82, 2.24) is 0 Å². The Balaban J connectivity index is 1.74. The number of aromatic hydroxyl groups is 3. The van der Waals surface area contributed by atoms with E-state index >= 15 is 0 Å². The normalized spacial score (nSPS) is 14.9. The van der Waals surface area contributed by atoms with E-state index < -0.39 is 0 Å². The van der Waals surface area contributed by atoms with Crippen molar-refractivity contribution < 1.29 is 29.5 Å². The molecule has 0 spiro atoms. The summed E-state index contributed by atoms with van der Waals surface area (Å²) in [6, 6.07) is 11.6. The van der Waals surface area contributed by atoms with Crippen LogP contribution < -0.4 is 0 Å². The monoisotopic (exact) mass is 492 g/mol. The Kier molecular flexibility index (Phi) is 8.19. The molecule has 4 rings (SSSR count). The Labute approximate surface area is 213 Å². The van der Waals surface area contributed by atoms with E-state index in [1.54, 1.807) is 0 Å². The van der Waals surface area contributed by atoms with Gasteiger partial charge in [0.05, 0.1) is 39.6 Å². The molecule has 1 aliphatic rings. The molecule has 192 valence electrons. The summed E-state index contributed by atoms with van der Waals surface area (Å²) >= 11 is 0. The molecule has 0 saturated heterocycles. The smallest absolute Gasteiger partial charge is 0.126 e. The van der Waals surface area contributed by atoms with Gasteiger partial charge in [-0.3, -0.25) is 0 Å². The Morgan fingerprint density at radius 1 is 0.611 bits per heavy atom. The molecule has 0 aromatic heterocycles. The van der Waals surface area contributed by atoms with E-state index in [1.165, 1.54) is 0 Å². The highest BCUT2D eigenvalue weighted by atomic mass is 16.5. The van der Waals surface area contributed by atoms with Crippen molar-refractivity contribution in [2.45, 2.75) is 79.7 Å². The van der Waals surface area contributed by atoms with E-state index in [0.29, 0.717) is 33.4 Å². The predicted molar refractivity (Wildman–Crippen MR) is 138 cm³/mol. The van der Waals surface area contributed by atoms with Crippen LogP contribution in [0.5, 0.6) is 17.2 Å². The van der Waals surface area contributed by atoms with Crippen LogP contribution >= 0.6 is 0 Å². The van der Waals surface area contributed by atoms with Gasteiger partial charge in [-0.25, -0.2) is 0 Å². The zero-order valence-electron chi connectivity index (χ0n) is 21.6. The van der Waals surface area contributed by atoms with E-state index in [1.807, 2.05) is 43.3 Å². The maximum absolute atomic E-state index is 11.0. The molecule has 0 aliphatic carbocycles. The summed E-state index contributed by atoms with van der Waals surface area (Å²) < 4.78 is 17.9. The largest absolute Gasteiger partial charge is 0.507 e. The molecule has 0 atom stereocenters. The minimum Gasteiger partial charge on any atom is -0.507 e. The molecule has 1 heterocycles. The molecule has 1 aliphatic heterocycles. The number of hydrogen-bond acceptors (Lipinski definition) is 6.